The van der Waals surface area contributed by atoms with Crippen molar-refractivity contribution in [1.29, 1.82) is 0 Å². The molecular formula is C7H9ClN2O. The zero-order chi connectivity index (χ0) is 8.27. The fourth-order valence-corrected chi connectivity index (χ4v) is 1.08. The summed E-state index contributed by atoms with van der Waals surface area (Å²) in [6.07, 6.45) is 0.649. The minimum absolute atomic E-state index is 0.0859. The van der Waals surface area contributed by atoms with Gasteiger partial charge in [0.15, 0.2) is 5.43 Å². The molecule has 0 aromatic carbocycles. The van der Waals surface area contributed by atoms with Gasteiger partial charge < -0.3 is 10.7 Å². The number of hydrogen-bond acceptors (Lipinski definition) is 2. The van der Waals surface area contributed by atoms with Crippen LogP contribution in [-0.2, 0) is 6.42 Å². The Labute approximate surface area is 69.2 Å². The number of rotatable bonds is 2. The fourth-order valence-electron chi connectivity index (χ4n) is 0.854. The Kier molecular flexibility index (Phi) is 2.68. The summed E-state index contributed by atoms with van der Waals surface area (Å²) < 4.78 is 0. The molecule has 3 nitrogen and oxygen atoms in total. The van der Waals surface area contributed by atoms with E-state index >= 15 is 0 Å². The Morgan fingerprint density at radius 1 is 1.55 bits per heavy atom. The average Bonchev–Trinajstić information content (AvgIpc) is 1.85. The van der Waals surface area contributed by atoms with Gasteiger partial charge >= 0.3 is 0 Å². The van der Waals surface area contributed by atoms with Gasteiger partial charge in [-0.2, -0.15) is 0 Å². The van der Waals surface area contributed by atoms with E-state index in [2.05, 4.69) is 4.98 Å². The van der Waals surface area contributed by atoms with Crippen molar-refractivity contribution in [3.8, 4) is 0 Å². The zero-order valence-electron chi connectivity index (χ0n) is 5.93. The molecule has 1 heterocycles. The van der Waals surface area contributed by atoms with Gasteiger partial charge in [-0.1, -0.05) is 11.6 Å². The van der Waals surface area contributed by atoms with E-state index < -0.39 is 0 Å². The maximum absolute atomic E-state index is 10.8. The smallest absolute Gasteiger partial charge is 0.183 e. The van der Waals surface area contributed by atoms with Gasteiger partial charge in [-0.3, -0.25) is 4.79 Å². The molecular weight excluding hydrogens is 164 g/mol. The molecule has 0 saturated carbocycles. The van der Waals surface area contributed by atoms with Crippen LogP contribution in [0.2, 0.25) is 5.15 Å². The number of hydrogen-bond donors (Lipinski definition) is 2. The minimum Gasteiger partial charge on any atom is -0.349 e. The standard InChI is InChI=1S/C7H9ClN2O/c8-7-4-6(11)3-5(10-7)1-2-9/h3-4H,1-2,9H2,(H,10,11). The first-order valence-electron chi connectivity index (χ1n) is 3.31. The summed E-state index contributed by atoms with van der Waals surface area (Å²) in [7, 11) is 0. The molecule has 4 heteroatoms. The van der Waals surface area contributed by atoms with Crippen molar-refractivity contribution < 1.29 is 0 Å². The third kappa shape index (κ3) is 2.37. The normalized spacial score (nSPS) is 10.0. The second kappa shape index (κ2) is 3.55. The SMILES string of the molecule is NCCc1cc(=O)cc(Cl)[nH]1. The van der Waals surface area contributed by atoms with Crippen LogP contribution in [0, 0.1) is 0 Å². The first kappa shape index (κ1) is 8.30. The van der Waals surface area contributed by atoms with Crippen LogP contribution in [0.3, 0.4) is 0 Å². The summed E-state index contributed by atoms with van der Waals surface area (Å²) in [5.74, 6) is 0. The molecule has 0 fully saturated rings. The van der Waals surface area contributed by atoms with E-state index in [4.69, 9.17) is 17.3 Å². The molecule has 0 bridgehead atoms. The van der Waals surface area contributed by atoms with Crippen LogP contribution in [0.5, 0.6) is 0 Å². The lowest BCUT2D eigenvalue weighted by Gasteiger charge is -1.97. The molecule has 1 aromatic heterocycles. The Bertz CT molecular complexity index is 295. The van der Waals surface area contributed by atoms with E-state index in [0.29, 0.717) is 18.1 Å². The van der Waals surface area contributed by atoms with E-state index in [9.17, 15) is 4.79 Å². The monoisotopic (exact) mass is 172 g/mol. The van der Waals surface area contributed by atoms with Gasteiger partial charge in [0.05, 0.1) is 0 Å². The summed E-state index contributed by atoms with van der Waals surface area (Å²) in [5, 5.41) is 0.362. The number of nitrogens with two attached hydrogens (primary N) is 1. The lowest BCUT2D eigenvalue weighted by molar-refractivity contribution is 0.920. The third-order valence-corrected chi connectivity index (χ3v) is 1.48. The second-order valence-electron chi connectivity index (χ2n) is 2.23. The number of nitrogens with one attached hydrogen (secondary N) is 1. The van der Waals surface area contributed by atoms with E-state index in [-0.39, 0.29) is 5.43 Å². The van der Waals surface area contributed by atoms with Gasteiger partial charge in [0.25, 0.3) is 0 Å². The van der Waals surface area contributed by atoms with Gasteiger partial charge in [0, 0.05) is 17.8 Å². The highest BCUT2D eigenvalue weighted by Crippen LogP contribution is 2.00. The van der Waals surface area contributed by atoms with Crippen molar-refractivity contribution >= 4 is 11.6 Å². The van der Waals surface area contributed by atoms with E-state index in [0.717, 1.165) is 5.69 Å². The largest absolute Gasteiger partial charge is 0.349 e. The molecule has 3 N–H and O–H groups in total. The summed E-state index contributed by atoms with van der Waals surface area (Å²) in [5.41, 5.74) is 5.99. The van der Waals surface area contributed by atoms with Crippen molar-refractivity contribution in [2.45, 2.75) is 6.42 Å². The molecule has 1 rings (SSSR count). The summed E-state index contributed by atoms with van der Waals surface area (Å²) in [4.78, 5) is 13.7. The Hall–Kier alpha value is -0.800. The molecule has 0 unspecified atom stereocenters. The number of aromatic nitrogens is 1. The maximum atomic E-state index is 10.8. The van der Waals surface area contributed by atoms with E-state index in [1.54, 1.807) is 0 Å². The van der Waals surface area contributed by atoms with Crippen LogP contribution in [0.4, 0.5) is 0 Å². The van der Waals surface area contributed by atoms with Crippen molar-refractivity contribution in [2.75, 3.05) is 6.54 Å². The molecule has 0 radical (unpaired) electrons. The van der Waals surface area contributed by atoms with E-state index in [1.165, 1.54) is 12.1 Å². The van der Waals surface area contributed by atoms with Crippen LogP contribution in [0.25, 0.3) is 0 Å². The Balaban J connectivity index is 2.99. The molecule has 0 aliphatic heterocycles. The highest BCUT2D eigenvalue weighted by molar-refractivity contribution is 6.29. The van der Waals surface area contributed by atoms with Crippen LogP contribution in [0.15, 0.2) is 16.9 Å². The van der Waals surface area contributed by atoms with Crippen LogP contribution >= 0.6 is 11.6 Å². The van der Waals surface area contributed by atoms with Crippen molar-refractivity contribution in [2.24, 2.45) is 5.73 Å². The van der Waals surface area contributed by atoms with Crippen molar-refractivity contribution in [3.05, 3.63) is 33.2 Å². The number of halogens is 1. The molecule has 0 aliphatic carbocycles. The van der Waals surface area contributed by atoms with E-state index in [1.807, 2.05) is 0 Å². The Morgan fingerprint density at radius 3 is 2.82 bits per heavy atom. The lowest BCUT2D eigenvalue weighted by atomic mass is 10.3. The molecule has 0 aliphatic rings. The summed E-state index contributed by atoms with van der Waals surface area (Å²) >= 11 is 5.59. The van der Waals surface area contributed by atoms with Crippen LogP contribution in [-0.4, -0.2) is 11.5 Å². The number of H-pyrrole nitrogens is 1. The second-order valence-corrected chi connectivity index (χ2v) is 2.64. The first-order valence-corrected chi connectivity index (χ1v) is 3.69. The number of pyridine rings is 1. The zero-order valence-corrected chi connectivity index (χ0v) is 6.69. The lowest BCUT2D eigenvalue weighted by Crippen LogP contribution is -2.08. The predicted molar refractivity (Wildman–Crippen MR) is 44.8 cm³/mol. The number of aromatic amines is 1. The molecule has 60 valence electrons. The summed E-state index contributed by atoms with van der Waals surface area (Å²) in [6.45, 7) is 0.510. The predicted octanol–water partition coefficient (Wildman–Crippen LogP) is 0.529. The highest BCUT2D eigenvalue weighted by Gasteiger charge is 1.94. The molecule has 0 saturated heterocycles. The molecule has 0 atom stereocenters. The van der Waals surface area contributed by atoms with Crippen molar-refractivity contribution in [3.63, 3.8) is 0 Å². The van der Waals surface area contributed by atoms with Gasteiger partial charge in [0.1, 0.15) is 5.15 Å². The van der Waals surface area contributed by atoms with Gasteiger partial charge in [-0.25, -0.2) is 0 Å². The summed E-state index contributed by atoms with van der Waals surface area (Å²) in [6, 6.07) is 2.83. The molecule has 11 heavy (non-hydrogen) atoms. The van der Waals surface area contributed by atoms with Crippen LogP contribution in [0.1, 0.15) is 5.69 Å². The average molecular weight is 173 g/mol. The maximum Gasteiger partial charge on any atom is 0.183 e. The highest BCUT2D eigenvalue weighted by atomic mass is 35.5. The molecule has 0 amide bonds. The topological polar surface area (TPSA) is 58.9 Å². The van der Waals surface area contributed by atoms with Gasteiger partial charge in [-0.05, 0) is 13.0 Å². The molecule has 0 spiro atoms. The van der Waals surface area contributed by atoms with Gasteiger partial charge in [-0.15, -0.1) is 0 Å². The van der Waals surface area contributed by atoms with Crippen LogP contribution < -0.4 is 11.2 Å². The third-order valence-electron chi connectivity index (χ3n) is 1.28. The first-order chi connectivity index (χ1) is 5.22. The minimum atomic E-state index is -0.0859. The van der Waals surface area contributed by atoms with Crippen molar-refractivity contribution in [1.82, 2.24) is 4.98 Å². The molecule has 1 aromatic rings. The van der Waals surface area contributed by atoms with Gasteiger partial charge in [0.2, 0.25) is 0 Å². The Morgan fingerprint density at radius 2 is 2.27 bits per heavy atom. The fraction of sp³-hybridized carbons (Fsp3) is 0.286. The quantitative estimate of drug-likeness (QED) is 0.640.